The monoisotopic (exact) mass is 275 g/mol. The van der Waals surface area contributed by atoms with Crippen molar-refractivity contribution in [2.75, 3.05) is 39.3 Å². The summed E-state index contributed by atoms with van der Waals surface area (Å²) in [5.41, 5.74) is -0.451. The van der Waals surface area contributed by atoms with Crippen molar-refractivity contribution >= 4 is 0 Å². The quantitative estimate of drug-likeness (QED) is 0.452. The van der Waals surface area contributed by atoms with E-state index in [2.05, 4.69) is 4.90 Å². The molecule has 0 amide bonds. The molecule has 0 saturated carbocycles. The number of halogens is 4. The fraction of sp³-hybridized carbons (Fsp3) is 0.538. The van der Waals surface area contributed by atoms with E-state index >= 15 is 0 Å². The minimum Gasteiger partial charge on any atom is -0.316 e. The second-order valence-electron chi connectivity index (χ2n) is 5.46. The molecule has 0 spiro atoms. The first-order valence-electron chi connectivity index (χ1n) is 6.40. The van der Waals surface area contributed by atoms with Crippen LogP contribution in [0.5, 0.6) is 0 Å². The average Bonchev–Trinajstić information content (AvgIpc) is 2.43. The third-order valence-corrected chi connectivity index (χ3v) is 4.37. The van der Waals surface area contributed by atoms with Gasteiger partial charge in [-0.1, -0.05) is 0 Å². The first kappa shape index (κ1) is 12.9. The smallest absolute Gasteiger partial charge is 0.170 e. The molecule has 3 aliphatic heterocycles. The number of quaternary nitrogens is 1. The maximum Gasteiger partial charge on any atom is 0.170 e. The number of fused-ring (bicyclic) bond motifs is 3. The van der Waals surface area contributed by atoms with Crippen molar-refractivity contribution < 1.29 is 22.0 Å². The summed E-state index contributed by atoms with van der Waals surface area (Å²) in [4.78, 5) is 2.29. The highest BCUT2D eigenvalue weighted by Crippen LogP contribution is 2.27. The molecular formula is C13H15F4N2+. The van der Waals surface area contributed by atoms with Gasteiger partial charge >= 0.3 is 0 Å². The molecule has 19 heavy (non-hydrogen) atoms. The first-order chi connectivity index (χ1) is 9.01. The van der Waals surface area contributed by atoms with E-state index in [1.165, 1.54) is 0 Å². The van der Waals surface area contributed by atoms with Crippen LogP contribution in [0.2, 0.25) is 0 Å². The molecule has 3 heterocycles. The van der Waals surface area contributed by atoms with Gasteiger partial charge in [0.15, 0.2) is 23.3 Å². The van der Waals surface area contributed by atoms with Gasteiger partial charge in [-0.3, -0.25) is 4.90 Å². The van der Waals surface area contributed by atoms with Gasteiger partial charge in [-0.05, 0) is 0 Å². The molecule has 2 bridgehead atoms. The minimum absolute atomic E-state index is 0.0280. The number of nitrogens with zero attached hydrogens (tertiary/aromatic N) is 2. The van der Waals surface area contributed by atoms with Crippen molar-refractivity contribution in [2.45, 2.75) is 6.54 Å². The van der Waals surface area contributed by atoms with Crippen LogP contribution in [-0.2, 0) is 6.54 Å². The molecule has 0 aromatic heterocycles. The van der Waals surface area contributed by atoms with Crippen LogP contribution in [0.3, 0.4) is 0 Å². The molecule has 3 saturated heterocycles. The summed E-state index contributed by atoms with van der Waals surface area (Å²) in [5, 5.41) is 0. The third-order valence-electron chi connectivity index (χ3n) is 4.37. The Morgan fingerprint density at radius 1 is 0.895 bits per heavy atom. The lowest BCUT2D eigenvalue weighted by atomic mass is 10.1. The van der Waals surface area contributed by atoms with Crippen molar-refractivity contribution in [3.8, 4) is 0 Å². The van der Waals surface area contributed by atoms with E-state index in [1.807, 2.05) is 0 Å². The molecule has 3 aliphatic rings. The average molecular weight is 275 g/mol. The van der Waals surface area contributed by atoms with Gasteiger partial charge in [0.2, 0.25) is 0 Å². The van der Waals surface area contributed by atoms with E-state index < -0.39 is 28.8 Å². The summed E-state index contributed by atoms with van der Waals surface area (Å²) in [6.45, 7) is 4.98. The second kappa shape index (κ2) is 4.45. The Kier molecular flexibility index (Phi) is 3.02. The van der Waals surface area contributed by atoms with E-state index in [4.69, 9.17) is 0 Å². The Balaban J connectivity index is 1.95. The van der Waals surface area contributed by atoms with Crippen LogP contribution in [0, 0.1) is 23.3 Å². The lowest BCUT2D eigenvalue weighted by Gasteiger charge is -2.50. The van der Waals surface area contributed by atoms with Crippen molar-refractivity contribution in [2.24, 2.45) is 0 Å². The molecule has 0 radical (unpaired) electrons. The van der Waals surface area contributed by atoms with Crippen LogP contribution < -0.4 is 0 Å². The Hall–Kier alpha value is -1.14. The fourth-order valence-electron chi connectivity index (χ4n) is 3.07. The summed E-state index contributed by atoms with van der Waals surface area (Å²) in [6, 6.07) is 0.266. The molecule has 2 nitrogen and oxygen atoms in total. The van der Waals surface area contributed by atoms with E-state index in [0.29, 0.717) is 4.48 Å². The molecule has 1 aromatic rings. The van der Waals surface area contributed by atoms with Crippen LogP contribution in [0.4, 0.5) is 17.6 Å². The van der Waals surface area contributed by atoms with Gasteiger partial charge in [0.25, 0.3) is 0 Å². The van der Waals surface area contributed by atoms with Crippen molar-refractivity contribution in [3.05, 3.63) is 34.9 Å². The zero-order valence-corrected chi connectivity index (χ0v) is 10.4. The zero-order valence-electron chi connectivity index (χ0n) is 10.4. The van der Waals surface area contributed by atoms with Gasteiger partial charge in [-0.2, -0.15) is 0 Å². The van der Waals surface area contributed by atoms with Crippen molar-refractivity contribution in [1.29, 1.82) is 0 Å². The molecule has 4 rings (SSSR count). The van der Waals surface area contributed by atoms with Gasteiger partial charge in [-0.25, -0.2) is 17.6 Å². The summed E-state index contributed by atoms with van der Waals surface area (Å²) < 4.78 is 54.4. The topological polar surface area (TPSA) is 3.24 Å². The Morgan fingerprint density at radius 2 is 1.37 bits per heavy atom. The van der Waals surface area contributed by atoms with Crippen LogP contribution in [0.15, 0.2) is 6.07 Å². The molecule has 0 N–H and O–H groups in total. The van der Waals surface area contributed by atoms with Crippen molar-refractivity contribution in [1.82, 2.24) is 4.90 Å². The number of hydrogen-bond acceptors (Lipinski definition) is 1. The van der Waals surface area contributed by atoms with E-state index in [9.17, 15) is 17.6 Å². The molecule has 3 fully saturated rings. The molecule has 0 aliphatic carbocycles. The third kappa shape index (κ3) is 2.12. The van der Waals surface area contributed by atoms with Crippen molar-refractivity contribution in [3.63, 3.8) is 0 Å². The number of benzene rings is 1. The fourth-order valence-corrected chi connectivity index (χ4v) is 3.07. The zero-order chi connectivity index (χ0) is 13.6. The number of rotatable bonds is 2. The minimum atomic E-state index is -1.32. The Morgan fingerprint density at radius 3 is 1.84 bits per heavy atom. The highest BCUT2D eigenvalue weighted by Gasteiger charge is 2.40. The summed E-state index contributed by atoms with van der Waals surface area (Å²) in [6.07, 6.45) is 0. The molecule has 0 unspecified atom stereocenters. The van der Waals surface area contributed by atoms with Crippen LogP contribution in [0.1, 0.15) is 5.56 Å². The SMILES string of the molecule is Fc1cc(F)c(F)c(C[N+]23CCN(CC2)CC3)c1F. The van der Waals surface area contributed by atoms with Gasteiger partial charge in [-0.15, -0.1) is 0 Å². The maximum atomic E-state index is 13.7. The normalized spacial score (nSPS) is 29.8. The van der Waals surface area contributed by atoms with Crippen LogP contribution in [0.25, 0.3) is 0 Å². The first-order valence-corrected chi connectivity index (χ1v) is 6.40. The highest BCUT2D eigenvalue weighted by atomic mass is 19.2. The second-order valence-corrected chi connectivity index (χ2v) is 5.46. The predicted octanol–water partition coefficient (Wildman–Crippen LogP) is 1.89. The van der Waals surface area contributed by atoms with Crippen LogP contribution in [-0.4, -0.2) is 48.7 Å². The molecule has 104 valence electrons. The Bertz CT molecular complexity index is 470. The van der Waals surface area contributed by atoms with Crippen LogP contribution >= 0.6 is 0 Å². The van der Waals surface area contributed by atoms with E-state index in [-0.39, 0.29) is 12.6 Å². The Labute approximate surface area is 108 Å². The van der Waals surface area contributed by atoms with E-state index in [0.717, 1.165) is 39.3 Å². The van der Waals surface area contributed by atoms with Gasteiger partial charge < -0.3 is 4.48 Å². The lowest BCUT2D eigenvalue weighted by molar-refractivity contribution is -0.953. The van der Waals surface area contributed by atoms with Gasteiger partial charge in [0, 0.05) is 25.7 Å². The summed E-state index contributed by atoms with van der Waals surface area (Å²) in [7, 11) is 0. The number of piperazine rings is 3. The largest absolute Gasteiger partial charge is 0.316 e. The van der Waals surface area contributed by atoms with Gasteiger partial charge in [0.1, 0.15) is 6.54 Å². The van der Waals surface area contributed by atoms with Gasteiger partial charge in [0.05, 0.1) is 25.2 Å². The maximum absolute atomic E-state index is 13.7. The molecule has 6 heteroatoms. The molecular weight excluding hydrogens is 260 g/mol. The highest BCUT2D eigenvalue weighted by molar-refractivity contribution is 5.22. The lowest BCUT2D eigenvalue weighted by Crippen LogP contribution is -2.66. The molecule has 0 atom stereocenters. The summed E-state index contributed by atoms with van der Waals surface area (Å²) >= 11 is 0. The predicted molar refractivity (Wildman–Crippen MR) is 61.3 cm³/mol. The molecule has 1 aromatic carbocycles. The number of hydrogen-bond donors (Lipinski definition) is 0. The van der Waals surface area contributed by atoms with E-state index in [1.54, 1.807) is 0 Å². The summed E-state index contributed by atoms with van der Waals surface area (Å²) in [5.74, 6) is -5.13. The standard InChI is InChI=1S/C13H15F4N2/c14-10-7-11(15)13(17)9(12(10)16)8-19-4-1-18(2-5-19)3-6-19/h7H,1-6,8H2/q+1.